The fraction of sp³-hybridized carbons (Fsp3) is 0.333. The van der Waals surface area contributed by atoms with Gasteiger partial charge in [0.25, 0.3) is 0 Å². The maximum absolute atomic E-state index is 10.3. The molecule has 1 aromatic rings. The molecule has 0 fully saturated rings. The van der Waals surface area contributed by atoms with Gasteiger partial charge in [-0.15, -0.1) is 0 Å². The number of hydrogen-bond acceptors (Lipinski definition) is 3. The van der Waals surface area contributed by atoms with E-state index in [-0.39, 0.29) is 6.54 Å². The number of nitrogens with two attached hydrogens (primary N) is 1. The number of hydrogen-bond donors (Lipinski definition) is 2. The quantitative estimate of drug-likeness (QED) is 0.699. The van der Waals surface area contributed by atoms with E-state index in [9.17, 15) is 4.79 Å². The molecule has 6 heteroatoms. The summed E-state index contributed by atoms with van der Waals surface area (Å²) in [6.07, 6.45) is 2.94. The van der Waals surface area contributed by atoms with Crippen molar-refractivity contribution in [2.45, 2.75) is 12.6 Å². The molecule has 66 valence electrons. The van der Waals surface area contributed by atoms with E-state index in [0.717, 1.165) is 0 Å². The highest BCUT2D eigenvalue weighted by molar-refractivity contribution is 6.30. The Morgan fingerprint density at radius 2 is 2.58 bits per heavy atom. The minimum absolute atomic E-state index is 0.127. The zero-order chi connectivity index (χ0) is 9.14. The molecule has 0 aliphatic carbocycles. The van der Waals surface area contributed by atoms with Crippen LogP contribution in [0.1, 0.15) is 0 Å². The van der Waals surface area contributed by atoms with Gasteiger partial charge < -0.3 is 10.8 Å². The van der Waals surface area contributed by atoms with Gasteiger partial charge in [-0.05, 0) is 0 Å². The number of aromatic nitrogens is 2. The second-order valence-corrected chi connectivity index (χ2v) is 2.76. The molecule has 0 spiro atoms. The smallest absolute Gasteiger partial charge is 0.322 e. The van der Waals surface area contributed by atoms with E-state index in [1.807, 2.05) is 0 Å². The molecule has 0 aliphatic rings. The molecule has 0 saturated heterocycles. The first-order valence-electron chi connectivity index (χ1n) is 3.26. The third kappa shape index (κ3) is 2.21. The van der Waals surface area contributed by atoms with Gasteiger partial charge in [-0.2, -0.15) is 5.10 Å². The number of rotatable bonds is 3. The fourth-order valence-corrected chi connectivity index (χ4v) is 0.874. The Bertz CT molecular complexity index is 286. The van der Waals surface area contributed by atoms with Crippen molar-refractivity contribution < 1.29 is 9.90 Å². The lowest BCUT2D eigenvalue weighted by atomic mass is 10.3. The first-order valence-corrected chi connectivity index (χ1v) is 3.63. The Hall–Kier alpha value is -1.07. The first-order chi connectivity index (χ1) is 5.59. The summed E-state index contributed by atoms with van der Waals surface area (Å²) in [7, 11) is 0. The van der Waals surface area contributed by atoms with Gasteiger partial charge in [0, 0.05) is 6.20 Å². The fourth-order valence-electron chi connectivity index (χ4n) is 0.718. The maximum Gasteiger partial charge on any atom is 0.322 e. The lowest BCUT2D eigenvalue weighted by molar-refractivity contribution is -0.138. The van der Waals surface area contributed by atoms with Gasteiger partial charge in [0.1, 0.15) is 6.04 Å². The number of halogens is 1. The van der Waals surface area contributed by atoms with E-state index in [1.165, 1.54) is 17.1 Å². The molecular weight excluding hydrogens is 182 g/mol. The predicted octanol–water partition coefficient (Wildman–Crippen LogP) is -0.0516. The standard InChI is InChI=1S/C6H8ClN3O2/c7-4-1-9-10(2-4)3-5(8)6(11)12/h1-2,5H,3,8H2,(H,11,12)/t5-/m1/s1. The lowest BCUT2D eigenvalue weighted by Gasteiger charge is -2.04. The topological polar surface area (TPSA) is 81.1 Å². The molecule has 0 amide bonds. The van der Waals surface area contributed by atoms with E-state index < -0.39 is 12.0 Å². The zero-order valence-electron chi connectivity index (χ0n) is 6.14. The van der Waals surface area contributed by atoms with Gasteiger partial charge in [0.2, 0.25) is 0 Å². The van der Waals surface area contributed by atoms with Crippen molar-refractivity contribution in [1.29, 1.82) is 0 Å². The number of carboxylic acids is 1. The summed E-state index contributed by atoms with van der Waals surface area (Å²) < 4.78 is 1.39. The Morgan fingerprint density at radius 1 is 1.92 bits per heavy atom. The van der Waals surface area contributed by atoms with Crippen LogP contribution < -0.4 is 5.73 Å². The summed E-state index contributed by atoms with van der Waals surface area (Å²) in [5.74, 6) is -1.05. The minimum Gasteiger partial charge on any atom is -0.480 e. The van der Waals surface area contributed by atoms with Crippen LogP contribution in [0.25, 0.3) is 0 Å². The summed E-state index contributed by atoms with van der Waals surface area (Å²) in [6.45, 7) is 0.127. The van der Waals surface area contributed by atoms with Crippen molar-refractivity contribution in [1.82, 2.24) is 9.78 Å². The van der Waals surface area contributed by atoms with Crippen LogP contribution in [0.15, 0.2) is 12.4 Å². The Morgan fingerprint density at radius 3 is 3.00 bits per heavy atom. The monoisotopic (exact) mass is 189 g/mol. The van der Waals surface area contributed by atoms with Gasteiger partial charge in [-0.1, -0.05) is 11.6 Å². The number of aliphatic carboxylic acids is 1. The van der Waals surface area contributed by atoms with Gasteiger partial charge >= 0.3 is 5.97 Å². The second kappa shape index (κ2) is 3.55. The third-order valence-electron chi connectivity index (χ3n) is 1.30. The van der Waals surface area contributed by atoms with Crippen molar-refractivity contribution >= 4 is 17.6 Å². The highest BCUT2D eigenvalue weighted by Gasteiger charge is 2.11. The van der Waals surface area contributed by atoms with Gasteiger partial charge in [0.05, 0.1) is 17.8 Å². The minimum atomic E-state index is -1.05. The Balaban J connectivity index is 2.58. The van der Waals surface area contributed by atoms with Crippen molar-refractivity contribution in [3.05, 3.63) is 17.4 Å². The highest BCUT2D eigenvalue weighted by Crippen LogP contribution is 2.04. The second-order valence-electron chi connectivity index (χ2n) is 2.33. The van der Waals surface area contributed by atoms with E-state index in [2.05, 4.69) is 5.10 Å². The molecule has 1 rings (SSSR count). The van der Waals surface area contributed by atoms with E-state index in [4.69, 9.17) is 22.4 Å². The molecule has 12 heavy (non-hydrogen) atoms. The summed E-state index contributed by atoms with van der Waals surface area (Å²) in [5.41, 5.74) is 5.25. The summed E-state index contributed by atoms with van der Waals surface area (Å²) in [5, 5.41) is 12.7. The number of carboxylic acid groups (broad SMARTS) is 1. The van der Waals surface area contributed by atoms with Crippen LogP contribution in [0.2, 0.25) is 5.02 Å². The molecule has 0 saturated carbocycles. The van der Waals surface area contributed by atoms with Crippen LogP contribution in [0.4, 0.5) is 0 Å². The molecule has 0 aliphatic heterocycles. The summed E-state index contributed by atoms with van der Waals surface area (Å²) >= 11 is 5.55. The third-order valence-corrected chi connectivity index (χ3v) is 1.50. The van der Waals surface area contributed by atoms with Gasteiger partial charge in [-0.3, -0.25) is 9.48 Å². The van der Waals surface area contributed by atoms with Crippen molar-refractivity contribution in [3.63, 3.8) is 0 Å². The average Bonchev–Trinajstić information content (AvgIpc) is 2.35. The molecular formula is C6H8ClN3O2. The van der Waals surface area contributed by atoms with Gasteiger partial charge in [0.15, 0.2) is 0 Å². The molecule has 1 aromatic heterocycles. The van der Waals surface area contributed by atoms with Crippen LogP contribution in [-0.2, 0) is 11.3 Å². The van der Waals surface area contributed by atoms with Crippen molar-refractivity contribution in [2.75, 3.05) is 0 Å². The molecule has 1 atom stereocenters. The number of carbonyl (C=O) groups is 1. The normalized spacial score (nSPS) is 12.8. The van der Waals surface area contributed by atoms with Crippen LogP contribution in [0.5, 0.6) is 0 Å². The largest absolute Gasteiger partial charge is 0.480 e. The lowest BCUT2D eigenvalue weighted by Crippen LogP contribution is -2.34. The van der Waals surface area contributed by atoms with Crippen molar-refractivity contribution in [2.24, 2.45) is 5.73 Å². The van der Waals surface area contributed by atoms with Crippen LogP contribution >= 0.6 is 11.6 Å². The molecule has 1 heterocycles. The van der Waals surface area contributed by atoms with Crippen LogP contribution in [0, 0.1) is 0 Å². The molecule has 0 radical (unpaired) electrons. The highest BCUT2D eigenvalue weighted by atomic mass is 35.5. The average molecular weight is 190 g/mol. The Kier molecular flexibility index (Phi) is 2.67. The molecule has 0 aromatic carbocycles. The predicted molar refractivity (Wildman–Crippen MR) is 42.8 cm³/mol. The maximum atomic E-state index is 10.3. The molecule has 0 unspecified atom stereocenters. The van der Waals surface area contributed by atoms with E-state index in [1.54, 1.807) is 0 Å². The summed E-state index contributed by atoms with van der Waals surface area (Å²) in [4.78, 5) is 10.3. The SMILES string of the molecule is N[C@H](Cn1cc(Cl)cn1)C(=O)O. The van der Waals surface area contributed by atoms with Crippen LogP contribution in [-0.4, -0.2) is 26.9 Å². The zero-order valence-corrected chi connectivity index (χ0v) is 6.90. The van der Waals surface area contributed by atoms with E-state index >= 15 is 0 Å². The van der Waals surface area contributed by atoms with E-state index in [0.29, 0.717) is 5.02 Å². The van der Waals surface area contributed by atoms with Crippen LogP contribution in [0.3, 0.4) is 0 Å². The first kappa shape index (κ1) is 9.02. The van der Waals surface area contributed by atoms with Crippen molar-refractivity contribution in [3.8, 4) is 0 Å². The molecule has 3 N–H and O–H groups in total. The Labute approximate surface area is 73.7 Å². The molecule has 0 bridgehead atoms. The molecule has 5 nitrogen and oxygen atoms in total. The van der Waals surface area contributed by atoms with Gasteiger partial charge in [-0.25, -0.2) is 0 Å². The number of nitrogens with zero attached hydrogens (tertiary/aromatic N) is 2. The summed E-state index contributed by atoms with van der Waals surface area (Å²) in [6, 6.07) is -0.944.